The third kappa shape index (κ3) is 2.98. The van der Waals surface area contributed by atoms with E-state index in [2.05, 4.69) is 16.9 Å². The third-order valence-electron chi connectivity index (χ3n) is 4.82. The van der Waals surface area contributed by atoms with Gasteiger partial charge in [0.25, 0.3) is 11.5 Å². The molecule has 1 atom stereocenters. The molecule has 0 saturated carbocycles. The average molecular weight is 356 g/mol. The fourth-order valence-corrected chi connectivity index (χ4v) is 4.36. The molecule has 1 aromatic heterocycles. The van der Waals surface area contributed by atoms with Gasteiger partial charge in [0.1, 0.15) is 5.56 Å². The lowest BCUT2D eigenvalue weighted by Gasteiger charge is -2.40. The molecule has 2 aliphatic heterocycles. The molecule has 0 spiro atoms. The van der Waals surface area contributed by atoms with Crippen LogP contribution in [0, 0.1) is 0 Å². The Morgan fingerprint density at radius 3 is 2.80 bits per heavy atom. The number of piperazine rings is 1. The molecule has 7 heteroatoms. The van der Waals surface area contributed by atoms with Crippen LogP contribution in [0.1, 0.15) is 22.0 Å². The molecular weight excluding hydrogens is 336 g/mol. The summed E-state index contributed by atoms with van der Waals surface area (Å²) in [6.07, 6.45) is 1.45. The maximum atomic E-state index is 13.2. The Hall–Kier alpha value is -2.12. The smallest absolute Gasteiger partial charge is 0.267 e. The molecule has 0 bridgehead atoms. The van der Waals surface area contributed by atoms with Crippen LogP contribution >= 0.6 is 11.8 Å². The van der Waals surface area contributed by atoms with E-state index in [1.165, 1.54) is 6.20 Å². The number of aromatic nitrogens is 2. The van der Waals surface area contributed by atoms with Gasteiger partial charge in [-0.1, -0.05) is 42.1 Å². The van der Waals surface area contributed by atoms with Gasteiger partial charge in [0.05, 0.1) is 6.04 Å². The first-order valence-corrected chi connectivity index (χ1v) is 9.41. The van der Waals surface area contributed by atoms with Crippen molar-refractivity contribution >= 4 is 17.7 Å². The summed E-state index contributed by atoms with van der Waals surface area (Å²) in [6, 6.07) is 9.95. The van der Waals surface area contributed by atoms with Gasteiger partial charge in [0, 0.05) is 38.1 Å². The van der Waals surface area contributed by atoms with Crippen molar-refractivity contribution in [3.05, 3.63) is 58.0 Å². The minimum atomic E-state index is -0.217. The molecule has 6 nitrogen and oxygen atoms in total. The van der Waals surface area contributed by atoms with Crippen LogP contribution in [0.2, 0.25) is 0 Å². The van der Waals surface area contributed by atoms with Crippen LogP contribution in [-0.2, 0) is 6.54 Å². The zero-order valence-corrected chi connectivity index (χ0v) is 14.9. The highest BCUT2D eigenvalue weighted by Gasteiger charge is 2.33. The molecule has 130 valence electrons. The number of amides is 1. The zero-order valence-electron chi connectivity index (χ0n) is 14.1. The van der Waals surface area contributed by atoms with E-state index < -0.39 is 0 Å². The number of hydrogen-bond donors (Lipinski definition) is 0. The van der Waals surface area contributed by atoms with Gasteiger partial charge in [-0.2, -0.15) is 0 Å². The highest BCUT2D eigenvalue weighted by atomic mass is 32.2. The van der Waals surface area contributed by atoms with Crippen molar-refractivity contribution in [3.8, 4) is 0 Å². The molecule has 1 amide bonds. The Balaban J connectivity index is 1.70. The van der Waals surface area contributed by atoms with Crippen LogP contribution in [0.25, 0.3) is 0 Å². The van der Waals surface area contributed by atoms with E-state index in [0.29, 0.717) is 18.2 Å². The molecule has 25 heavy (non-hydrogen) atoms. The SMILES string of the molecule is CN1CCN(C(=O)c2cnc3n(c2=O)CCS3)C(c2ccccc2)C1. The molecule has 3 heterocycles. The topological polar surface area (TPSA) is 58.4 Å². The molecule has 2 aliphatic rings. The van der Waals surface area contributed by atoms with Crippen molar-refractivity contribution in [1.82, 2.24) is 19.4 Å². The summed E-state index contributed by atoms with van der Waals surface area (Å²) < 4.78 is 1.62. The van der Waals surface area contributed by atoms with Gasteiger partial charge < -0.3 is 9.80 Å². The maximum Gasteiger partial charge on any atom is 0.267 e. The van der Waals surface area contributed by atoms with Crippen LogP contribution in [-0.4, -0.2) is 57.7 Å². The molecule has 0 aliphatic carbocycles. The third-order valence-corrected chi connectivity index (χ3v) is 5.79. The first-order chi connectivity index (χ1) is 12.1. The second-order valence-corrected chi connectivity index (χ2v) is 7.51. The van der Waals surface area contributed by atoms with E-state index in [1.54, 1.807) is 16.3 Å². The summed E-state index contributed by atoms with van der Waals surface area (Å²) in [4.78, 5) is 34.2. The van der Waals surface area contributed by atoms with Gasteiger partial charge in [-0.05, 0) is 12.6 Å². The van der Waals surface area contributed by atoms with Crippen molar-refractivity contribution in [2.45, 2.75) is 17.7 Å². The summed E-state index contributed by atoms with van der Waals surface area (Å²) in [6.45, 7) is 2.78. The van der Waals surface area contributed by atoms with Crippen molar-refractivity contribution in [1.29, 1.82) is 0 Å². The number of nitrogens with zero attached hydrogens (tertiary/aromatic N) is 4. The largest absolute Gasteiger partial charge is 0.329 e. The Labute approximate surface area is 150 Å². The van der Waals surface area contributed by atoms with Crippen LogP contribution in [0.3, 0.4) is 0 Å². The number of likely N-dealkylation sites (N-methyl/N-ethyl adjacent to an activating group) is 1. The number of fused-ring (bicyclic) bond motifs is 1. The standard InChI is InChI=1S/C18H20N4O2S/c1-20-7-8-21(15(12-20)13-5-3-2-4-6-13)16(23)14-11-19-18-22(17(14)24)9-10-25-18/h2-6,11,15H,7-10,12H2,1H3. The molecular formula is C18H20N4O2S. The lowest BCUT2D eigenvalue weighted by molar-refractivity contribution is 0.0495. The summed E-state index contributed by atoms with van der Waals surface area (Å²) in [5.74, 6) is 0.618. The second-order valence-electron chi connectivity index (χ2n) is 6.45. The lowest BCUT2D eigenvalue weighted by Crippen LogP contribution is -2.50. The quantitative estimate of drug-likeness (QED) is 0.763. The van der Waals surface area contributed by atoms with Crippen LogP contribution in [0.15, 0.2) is 46.5 Å². The van der Waals surface area contributed by atoms with E-state index in [1.807, 2.05) is 35.2 Å². The minimum absolute atomic E-state index is 0.0560. The Morgan fingerprint density at radius 1 is 1.20 bits per heavy atom. The van der Waals surface area contributed by atoms with Gasteiger partial charge >= 0.3 is 0 Å². The Kier molecular flexibility index (Phi) is 4.35. The highest BCUT2D eigenvalue weighted by Crippen LogP contribution is 2.27. The normalized spacial score (nSPS) is 20.5. The molecule has 0 radical (unpaired) electrons. The van der Waals surface area contributed by atoms with E-state index in [0.717, 1.165) is 24.4 Å². The summed E-state index contributed by atoms with van der Waals surface area (Å²) in [5, 5.41) is 0.708. The molecule has 4 rings (SSSR count). The first kappa shape index (κ1) is 16.4. The minimum Gasteiger partial charge on any atom is -0.329 e. The van der Waals surface area contributed by atoms with Crippen molar-refractivity contribution in [2.24, 2.45) is 0 Å². The van der Waals surface area contributed by atoms with E-state index in [4.69, 9.17) is 0 Å². The van der Waals surface area contributed by atoms with Crippen LogP contribution in [0.4, 0.5) is 0 Å². The van der Waals surface area contributed by atoms with Crippen molar-refractivity contribution in [3.63, 3.8) is 0 Å². The number of hydrogen-bond acceptors (Lipinski definition) is 5. The van der Waals surface area contributed by atoms with Gasteiger partial charge in [-0.15, -0.1) is 0 Å². The fourth-order valence-electron chi connectivity index (χ4n) is 3.44. The summed E-state index contributed by atoms with van der Waals surface area (Å²) >= 11 is 1.56. The number of rotatable bonds is 2. The first-order valence-electron chi connectivity index (χ1n) is 8.42. The van der Waals surface area contributed by atoms with Crippen molar-refractivity contribution < 1.29 is 4.79 Å². The van der Waals surface area contributed by atoms with Gasteiger partial charge in [0.2, 0.25) is 0 Å². The van der Waals surface area contributed by atoms with E-state index in [-0.39, 0.29) is 23.1 Å². The number of benzene rings is 1. The Bertz CT molecular complexity index is 852. The highest BCUT2D eigenvalue weighted by molar-refractivity contribution is 7.99. The molecule has 1 aromatic carbocycles. The molecule has 2 aromatic rings. The summed E-state index contributed by atoms with van der Waals surface area (Å²) in [5.41, 5.74) is 1.05. The lowest BCUT2D eigenvalue weighted by atomic mass is 10.0. The van der Waals surface area contributed by atoms with Crippen LogP contribution in [0.5, 0.6) is 0 Å². The summed E-state index contributed by atoms with van der Waals surface area (Å²) in [7, 11) is 2.06. The monoisotopic (exact) mass is 356 g/mol. The van der Waals surface area contributed by atoms with Crippen molar-refractivity contribution in [2.75, 3.05) is 32.4 Å². The number of carbonyl (C=O) groups excluding carboxylic acids is 1. The number of carbonyl (C=O) groups is 1. The maximum absolute atomic E-state index is 13.2. The Morgan fingerprint density at radius 2 is 2.00 bits per heavy atom. The van der Waals surface area contributed by atoms with E-state index in [9.17, 15) is 9.59 Å². The zero-order chi connectivity index (χ0) is 17.4. The molecule has 0 N–H and O–H groups in total. The molecule has 1 saturated heterocycles. The van der Waals surface area contributed by atoms with Gasteiger partial charge in [-0.25, -0.2) is 4.98 Å². The average Bonchev–Trinajstić information content (AvgIpc) is 3.12. The number of thioether (sulfide) groups is 1. The molecule has 1 fully saturated rings. The van der Waals surface area contributed by atoms with Gasteiger partial charge in [0.15, 0.2) is 5.16 Å². The fraction of sp³-hybridized carbons (Fsp3) is 0.389. The van der Waals surface area contributed by atoms with Crippen LogP contribution < -0.4 is 5.56 Å². The second kappa shape index (κ2) is 6.65. The van der Waals surface area contributed by atoms with E-state index >= 15 is 0 Å². The predicted octanol–water partition coefficient (Wildman–Crippen LogP) is 1.48. The van der Waals surface area contributed by atoms with Gasteiger partial charge in [-0.3, -0.25) is 14.2 Å². The molecule has 1 unspecified atom stereocenters. The predicted molar refractivity (Wildman–Crippen MR) is 96.9 cm³/mol.